The molecule has 2 atom stereocenters. The molecule has 0 radical (unpaired) electrons. The lowest BCUT2D eigenvalue weighted by molar-refractivity contribution is -0.121. The highest BCUT2D eigenvalue weighted by Gasteiger charge is 2.34. The maximum atomic E-state index is 14.7. The fourth-order valence-corrected chi connectivity index (χ4v) is 3.12. The average Bonchev–Trinajstić information content (AvgIpc) is 2.98. The van der Waals surface area contributed by atoms with Crippen LogP contribution in [0.5, 0.6) is 0 Å². The van der Waals surface area contributed by atoms with Gasteiger partial charge in [-0.15, -0.1) is 0 Å². The molecule has 0 aliphatic carbocycles. The molecule has 0 spiro atoms. The first-order chi connectivity index (χ1) is 12.4. The number of hydrogen-bond acceptors (Lipinski definition) is 3. The van der Waals surface area contributed by atoms with E-state index in [-0.39, 0.29) is 23.8 Å². The minimum atomic E-state index is -1.09. The van der Waals surface area contributed by atoms with Gasteiger partial charge in [0.1, 0.15) is 6.04 Å². The molecule has 3 rings (SSSR count). The van der Waals surface area contributed by atoms with Gasteiger partial charge >= 0.3 is 0 Å². The van der Waals surface area contributed by atoms with Crippen LogP contribution in [0.1, 0.15) is 24.9 Å². The SMILES string of the molecule is CC(N)c1cccc(-c2ccc(N3CCC(NC=O)C3=O)c(F)c2F)c1. The van der Waals surface area contributed by atoms with Gasteiger partial charge in [-0.3, -0.25) is 9.59 Å². The fourth-order valence-electron chi connectivity index (χ4n) is 3.12. The number of nitrogens with two attached hydrogens (primary N) is 1. The molecule has 1 saturated heterocycles. The number of nitrogens with zero attached hydrogens (tertiary/aromatic N) is 1. The molecule has 26 heavy (non-hydrogen) atoms. The Balaban J connectivity index is 1.96. The molecule has 2 aromatic rings. The summed E-state index contributed by atoms with van der Waals surface area (Å²) in [7, 11) is 0. The van der Waals surface area contributed by atoms with Crippen molar-refractivity contribution < 1.29 is 18.4 Å². The van der Waals surface area contributed by atoms with E-state index in [1.165, 1.54) is 12.1 Å². The summed E-state index contributed by atoms with van der Waals surface area (Å²) in [5.41, 5.74) is 7.14. The Morgan fingerprint density at radius 3 is 2.73 bits per heavy atom. The number of benzene rings is 2. The molecule has 0 aromatic heterocycles. The van der Waals surface area contributed by atoms with Gasteiger partial charge < -0.3 is 16.0 Å². The van der Waals surface area contributed by atoms with E-state index in [2.05, 4.69) is 5.32 Å². The van der Waals surface area contributed by atoms with Crippen LogP contribution >= 0.6 is 0 Å². The highest BCUT2D eigenvalue weighted by molar-refractivity contribution is 6.00. The minimum absolute atomic E-state index is 0.1000. The first-order valence-electron chi connectivity index (χ1n) is 8.29. The Labute approximate surface area is 149 Å². The zero-order chi connectivity index (χ0) is 18.8. The Morgan fingerprint density at radius 1 is 1.27 bits per heavy atom. The summed E-state index contributed by atoms with van der Waals surface area (Å²) >= 11 is 0. The van der Waals surface area contributed by atoms with E-state index < -0.39 is 23.6 Å². The van der Waals surface area contributed by atoms with Crippen LogP contribution < -0.4 is 16.0 Å². The highest BCUT2D eigenvalue weighted by atomic mass is 19.2. The summed E-state index contributed by atoms with van der Waals surface area (Å²) in [4.78, 5) is 23.9. The zero-order valence-electron chi connectivity index (χ0n) is 14.2. The molecule has 2 amide bonds. The van der Waals surface area contributed by atoms with Gasteiger partial charge in [0.2, 0.25) is 12.3 Å². The number of halogens is 2. The van der Waals surface area contributed by atoms with E-state index in [0.717, 1.165) is 10.5 Å². The lowest BCUT2D eigenvalue weighted by Gasteiger charge is -2.19. The molecule has 2 aromatic carbocycles. The van der Waals surface area contributed by atoms with Crippen molar-refractivity contribution in [2.75, 3.05) is 11.4 Å². The van der Waals surface area contributed by atoms with Gasteiger partial charge in [-0.05, 0) is 42.7 Å². The molecule has 1 aliphatic rings. The second-order valence-corrected chi connectivity index (χ2v) is 6.29. The van der Waals surface area contributed by atoms with Crippen LogP contribution in [0.25, 0.3) is 11.1 Å². The maximum Gasteiger partial charge on any atom is 0.249 e. The number of hydrogen-bond donors (Lipinski definition) is 2. The van der Waals surface area contributed by atoms with E-state index in [9.17, 15) is 18.4 Å². The molecule has 1 aliphatic heterocycles. The molecular weight excluding hydrogens is 340 g/mol. The fraction of sp³-hybridized carbons (Fsp3) is 0.263. The van der Waals surface area contributed by atoms with Crippen molar-refractivity contribution >= 4 is 18.0 Å². The van der Waals surface area contributed by atoms with Gasteiger partial charge in [-0.1, -0.05) is 18.2 Å². The Hall–Kier alpha value is -2.80. The summed E-state index contributed by atoms with van der Waals surface area (Å²) in [5.74, 6) is -2.57. The molecule has 3 N–H and O–H groups in total. The second kappa shape index (κ2) is 7.21. The summed E-state index contributed by atoms with van der Waals surface area (Å²) in [6, 6.07) is 8.83. The topological polar surface area (TPSA) is 75.4 Å². The molecule has 5 nitrogen and oxygen atoms in total. The minimum Gasteiger partial charge on any atom is -0.347 e. The second-order valence-electron chi connectivity index (χ2n) is 6.29. The third-order valence-corrected chi connectivity index (χ3v) is 4.55. The van der Waals surface area contributed by atoms with Crippen molar-refractivity contribution in [3.05, 3.63) is 53.6 Å². The first kappa shape index (κ1) is 18.0. The molecule has 0 saturated carbocycles. The Kier molecular flexibility index (Phi) is 4.99. The number of rotatable bonds is 5. The third kappa shape index (κ3) is 3.17. The largest absolute Gasteiger partial charge is 0.347 e. The predicted molar refractivity (Wildman–Crippen MR) is 94.4 cm³/mol. The van der Waals surface area contributed by atoms with Crippen LogP contribution in [0.15, 0.2) is 36.4 Å². The average molecular weight is 359 g/mol. The standard InChI is InChI=1S/C19H19F2N3O2/c1-11(22)12-3-2-4-13(9-12)14-5-6-16(18(21)17(14)20)24-8-7-15(19(24)26)23-10-25/h2-6,9-11,15H,7-8,22H2,1H3,(H,23,25). The summed E-state index contributed by atoms with van der Waals surface area (Å²) in [6.45, 7) is 2.02. The summed E-state index contributed by atoms with van der Waals surface area (Å²) in [5, 5.41) is 2.38. The van der Waals surface area contributed by atoms with Crippen LogP contribution in [0.3, 0.4) is 0 Å². The van der Waals surface area contributed by atoms with Crippen LogP contribution in [0.2, 0.25) is 0 Å². The predicted octanol–water partition coefficient (Wildman–Crippen LogP) is 2.50. The van der Waals surface area contributed by atoms with E-state index in [0.29, 0.717) is 18.4 Å². The molecule has 1 heterocycles. The maximum absolute atomic E-state index is 14.7. The molecule has 7 heteroatoms. The molecule has 2 unspecified atom stereocenters. The Morgan fingerprint density at radius 2 is 2.04 bits per heavy atom. The number of nitrogens with one attached hydrogen (secondary N) is 1. The molecule has 1 fully saturated rings. The van der Waals surface area contributed by atoms with E-state index in [1.807, 2.05) is 13.0 Å². The van der Waals surface area contributed by atoms with E-state index in [1.54, 1.807) is 18.2 Å². The van der Waals surface area contributed by atoms with Gasteiger partial charge in [0.25, 0.3) is 0 Å². The normalized spacial score (nSPS) is 18.1. The van der Waals surface area contributed by atoms with Crippen molar-refractivity contribution in [1.82, 2.24) is 5.32 Å². The van der Waals surface area contributed by atoms with Crippen LogP contribution in [-0.4, -0.2) is 24.9 Å². The lowest BCUT2D eigenvalue weighted by Crippen LogP contribution is -2.38. The number of carbonyl (C=O) groups excluding carboxylic acids is 2. The van der Waals surface area contributed by atoms with Gasteiger partial charge in [0.15, 0.2) is 11.6 Å². The highest BCUT2D eigenvalue weighted by Crippen LogP contribution is 2.33. The number of amides is 2. The number of carbonyl (C=O) groups is 2. The monoisotopic (exact) mass is 359 g/mol. The van der Waals surface area contributed by atoms with Crippen molar-refractivity contribution in [2.24, 2.45) is 5.73 Å². The molecular formula is C19H19F2N3O2. The van der Waals surface area contributed by atoms with Crippen LogP contribution in [-0.2, 0) is 9.59 Å². The van der Waals surface area contributed by atoms with Crippen molar-refractivity contribution in [3.8, 4) is 11.1 Å². The van der Waals surface area contributed by atoms with Gasteiger partial charge in [-0.25, -0.2) is 8.78 Å². The smallest absolute Gasteiger partial charge is 0.249 e. The first-order valence-corrected chi connectivity index (χ1v) is 8.29. The third-order valence-electron chi connectivity index (χ3n) is 4.55. The number of anilines is 1. The van der Waals surface area contributed by atoms with E-state index in [4.69, 9.17) is 5.73 Å². The molecule has 136 valence electrons. The van der Waals surface area contributed by atoms with E-state index >= 15 is 0 Å². The van der Waals surface area contributed by atoms with Gasteiger partial charge in [0.05, 0.1) is 5.69 Å². The van der Waals surface area contributed by atoms with Crippen molar-refractivity contribution in [1.29, 1.82) is 0 Å². The molecule has 0 bridgehead atoms. The van der Waals surface area contributed by atoms with Crippen LogP contribution in [0.4, 0.5) is 14.5 Å². The van der Waals surface area contributed by atoms with Crippen LogP contribution in [0, 0.1) is 11.6 Å². The zero-order valence-corrected chi connectivity index (χ0v) is 14.2. The quantitative estimate of drug-likeness (QED) is 0.806. The van der Waals surface area contributed by atoms with Gasteiger partial charge in [-0.2, -0.15) is 0 Å². The summed E-state index contributed by atoms with van der Waals surface area (Å²) in [6.07, 6.45) is 0.772. The Bertz CT molecular complexity index is 855. The van der Waals surface area contributed by atoms with Crippen molar-refractivity contribution in [2.45, 2.75) is 25.4 Å². The van der Waals surface area contributed by atoms with Gasteiger partial charge in [0, 0.05) is 18.2 Å². The van der Waals surface area contributed by atoms with Crippen molar-refractivity contribution in [3.63, 3.8) is 0 Å². The lowest BCUT2D eigenvalue weighted by atomic mass is 9.99. The summed E-state index contributed by atoms with van der Waals surface area (Å²) < 4.78 is 29.4.